The third-order valence-corrected chi connectivity index (χ3v) is 3.87. The van der Waals surface area contributed by atoms with Gasteiger partial charge in [0.15, 0.2) is 0 Å². The average molecular weight is 297 g/mol. The van der Waals surface area contributed by atoms with Crippen molar-refractivity contribution >= 4 is 5.82 Å². The highest BCUT2D eigenvalue weighted by Crippen LogP contribution is 2.28. The Balaban J connectivity index is 2.31. The lowest BCUT2D eigenvalue weighted by molar-refractivity contribution is -0.0459. The van der Waals surface area contributed by atoms with Crippen LogP contribution in [0.5, 0.6) is 0 Å². The first-order chi connectivity index (χ1) is 10.0. The summed E-state index contributed by atoms with van der Waals surface area (Å²) in [5.74, 6) is 0.679. The molecule has 7 heteroatoms. The predicted molar refractivity (Wildman–Crippen MR) is 78.4 cm³/mol. The minimum absolute atomic E-state index is 0.268. The Hall–Kier alpha value is -1.44. The second-order valence-electron chi connectivity index (χ2n) is 5.22. The summed E-state index contributed by atoms with van der Waals surface area (Å²) in [5.41, 5.74) is 0.474. The number of rotatable bonds is 5. The number of aryl methyl sites for hydroxylation is 1. The number of ether oxygens (including phenoxy) is 1. The molecule has 21 heavy (non-hydrogen) atoms. The normalized spacial score (nSPS) is 25.3. The minimum Gasteiger partial charge on any atom is -0.394 e. The van der Waals surface area contributed by atoms with Gasteiger partial charge in [0, 0.05) is 31.3 Å². The largest absolute Gasteiger partial charge is 0.394 e. The number of aliphatic hydroxyl groups is 2. The van der Waals surface area contributed by atoms with Crippen molar-refractivity contribution in [3.05, 3.63) is 22.2 Å². The summed E-state index contributed by atoms with van der Waals surface area (Å²) in [6.07, 6.45) is -0.0160. The van der Waals surface area contributed by atoms with Crippen LogP contribution >= 0.6 is 0 Å². The first-order valence-electron chi connectivity index (χ1n) is 7.30. The fraction of sp³-hybridized carbons (Fsp3) is 0.714. The molecule has 1 saturated heterocycles. The molecule has 0 unspecified atom stereocenters. The fourth-order valence-electron chi connectivity index (χ4n) is 2.66. The number of hydrogen-bond acceptors (Lipinski definition) is 6. The Bertz CT molecular complexity index is 542. The van der Waals surface area contributed by atoms with Crippen molar-refractivity contribution in [2.45, 2.75) is 45.6 Å². The number of hydrogen-bond donors (Lipinski definition) is 2. The van der Waals surface area contributed by atoms with Crippen LogP contribution in [0.15, 0.2) is 11.0 Å². The van der Waals surface area contributed by atoms with Crippen molar-refractivity contribution in [1.82, 2.24) is 9.55 Å². The van der Waals surface area contributed by atoms with E-state index in [-0.39, 0.29) is 13.0 Å². The van der Waals surface area contributed by atoms with Crippen LogP contribution in [0, 0.1) is 6.92 Å². The molecular weight excluding hydrogens is 274 g/mol. The summed E-state index contributed by atoms with van der Waals surface area (Å²) >= 11 is 0. The van der Waals surface area contributed by atoms with E-state index in [9.17, 15) is 9.90 Å². The summed E-state index contributed by atoms with van der Waals surface area (Å²) in [4.78, 5) is 18.4. The summed E-state index contributed by atoms with van der Waals surface area (Å²) in [5, 5.41) is 18.9. The summed E-state index contributed by atoms with van der Waals surface area (Å²) < 4.78 is 6.90. The van der Waals surface area contributed by atoms with Gasteiger partial charge in [0.1, 0.15) is 18.1 Å². The quantitative estimate of drug-likeness (QED) is 0.798. The van der Waals surface area contributed by atoms with E-state index >= 15 is 0 Å². The average Bonchev–Trinajstić information content (AvgIpc) is 2.84. The van der Waals surface area contributed by atoms with Crippen molar-refractivity contribution in [3.63, 3.8) is 0 Å². The molecule has 7 nitrogen and oxygen atoms in total. The molecule has 1 aliphatic rings. The molecule has 3 atom stereocenters. The number of anilines is 1. The Morgan fingerprint density at radius 3 is 2.67 bits per heavy atom. The molecule has 1 aliphatic heterocycles. The lowest BCUT2D eigenvalue weighted by Crippen LogP contribution is -2.32. The van der Waals surface area contributed by atoms with Crippen LogP contribution in [-0.2, 0) is 4.74 Å². The van der Waals surface area contributed by atoms with Gasteiger partial charge in [-0.15, -0.1) is 0 Å². The third-order valence-electron chi connectivity index (χ3n) is 3.87. The Labute approximate surface area is 123 Å². The molecular formula is C14H23N3O4. The Morgan fingerprint density at radius 2 is 2.14 bits per heavy atom. The minimum atomic E-state index is -0.769. The monoisotopic (exact) mass is 297 g/mol. The molecule has 1 fully saturated rings. The van der Waals surface area contributed by atoms with Crippen molar-refractivity contribution in [2.75, 3.05) is 24.6 Å². The molecule has 0 aromatic carbocycles. The third kappa shape index (κ3) is 3.09. The molecule has 0 aliphatic carbocycles. The van der Waals surface area contributed by atoms with E-state index in [0.29, 0.717) is 5.82 Å². The van der Waals surface area contributed by atoms with Gasteiger partial charge in [-0.1, -0.05) is 0 Å². The van der Waals surface area contributed by atoms with Crippen LogP contribution in [0.2, 0.25) is 0 Å². The van der Waals surface area contributed by atoms with Gasteiger partial charge in [0.25, 0.3) is 0 Å². The van der Waals surface area contributed by atoms with Crippen molar-refractivity contribution in [1.29, 1.82) is 0 Å². The molecule has 2 heterocycles. The summed E-state index contributed by atoms with van der Waals surface area (Å²) in [6.45, 7) is 7.21. The number of aromatic nitrogens is 2. The van der Waals surface area contributed by atoms with Crippen LogP contribution in [0.25, 0.3) is 0 Å². The number of aliphatic hydroxyl groups excluding tert-OH is 2. The molecule has 0 amide bonds. The molecule has 2 rings (SSSR count). The SMILES string of the molecule is CCN(CC)c1nc(=O)n([C@H]2C[C@H](O)[C@@H](CO)O2)cc1C. The van der Waals surface area contributed by atoms with Gasteiger partial charge in [-0.2, -0.15) is 4.98 Å². The van der Waals surface area contributed by atoms with E-state index in [4.69, 9.17) is 9.84 Å². The maximum absolute atomic E-state index is 12.2. The van der Waals surface area contributed by atoms with Crippen LogP contribution in [0.1, 0.15) is 32.1 Å². The van der Waals surface area contributed by atoms with E-state index in [1.807, 2.05) is 25.7 Å². The van der Waals surface area contributed by atoms with E-state index < -0.39 is 24.1 Å². The second-order valence-corrected chi connectivity index (χ2v) is 5.22. The lowest BCUT2D eigenvalue weighted by atomic mass is 10.2. The van der Waals surface area contributed by atoms with E-state index in [1.54, 1.807) is 6.20 Å². The topological polar surface area (TPSA) is 87.8 Å². The zero-order valence-electron chi connectivity index (χ0n) is 12.7. The highest BCUT2D eigenvalue weighted by Gasteiger charge is 2.35. The Morgan fingerprint density at radius 1 is 1.48 bits per heavy atom. The van der Waals surface area contributed by atoms with Crippen LogP contribution in [0.3, 0.4) is 0 Å². The zero-order chi connectivity index (χ0) is 15.6. The summed E-state index contributed by atoms with van der Waals surface area (Å²) in [7, 11) is 0. The first-order valence-corrected chi connectivity index (χ1v) is 7.30. The van der Waals surface area contributed by atoms with Gasteiger partial charge < -0.3 is 19.8 Å². The van der Waals surface area contributed by atoms with Crippen LogP contribution in [-0.4, -0.2) is 51.7 Å². The van der Waals surface area contributed by atoms with Gasteiger partial charge >= 0.3 is 5.69 Å². The van der Waals surface area contributed by atoms with Gasteiger partial charge in [-0.25, -0.2) is 4.79 Å². The molecule has 1 aromatic heterocycles. The van der Waals surface area contributed by atoms with Gasteiger partial charge in [-0.05, 0) is 20.8 Å². The van der Waals surface area contributed by atoms with Gasteiger partial charge in [0.05, 0.1) is 12.7 Å². The van der Waals surface area contributed by atoms with E-state index in [0.717, 1.165) is 18.7 Å². The zero-order valence-corrected chi connectivity index (χ0v) is 12.7. The van der Waals surface area contributed by atoms with Crippen LogP contribution < -0.4 is 10.6 Å². The first kappa shape index (κ1) is 15.9. The van der Waals surface area contributed by atoms with Crippen molar-refractivity contribution in [3.8, 4) is 0 Å². The molecule has 0 spiro atoms. The van der Waals surface area contributed by atoms with Crippen molar-refractivity contribution in [2.24, 2.45) is 0 Å². The molecule has 118 valence electrons. The lowest BCUT2D eigenvalue weighted by Gasteiger charge is -2.23. The predicted octanol–water partition coefficient (Wildman–Crippen LogP) is 0.0386. The Kier molecular flexibility index (Phi) is 4.97. The maximum atomic E-state index is 12.2. The van der Waals surface area contributed by atoms with Gasteiger partial charge in [0.2, 0.25) is 0 Å². The number of nitrogens with zero attached hydrogens (tertiary/aromatic N) is 3. The second kappa shape index (κ2) is 6.55. The molecule has 0 saturated carbocycles. The van der Waals surface area contributed by atoms with Gasteiger partial charge in [-0.3, -0.25) is 4.57 Å². The highest BCUT2D eigenvalue weighted by atomic mass is 16.5. The van der Waals surface area contributed by atoms with Crippen molar-refractivity contribution < 1.29 is 14.9 Å². The summed E-state index contributed by atoms with van der Waals surface area (Å²) in [6, 6.07) is 0. The smallest absolute Gasteiger partial charge is 0.351 e. The molecule has 1 aromatic rings. The molecule has 0 radical (unpaired) electrons. The highest BCUT2D eigenvalue weighted by molar-refractivity contribution is 5.44. The maximum Gasteiger partial charge on any atom is 0.351 e. The molecule has 0 bridgehead atoms. The van der Waals surface area contributed by atoms with E-state index in [1.165, 1.54) is 4.57 Å². The van der Waals surface area contributed by atoms with E-state index in [2.05, 4.69) is 4.98 Å². The van der Waals surface area contributed by atoms with Crippen LogP contribution in [0.4, 0.5) is 5.82 Å². The molecule has 2 N–H and O–H groups in total. The standard InChI is InChI=1S/C14H23N3O4/c1-4-16(5-2)13-9(3)7-17(14(20)15-13)12-6-10(19)11(8-18)21-12/h7,10-12,18-19H,4-6,8H2,1-3H3/t10-,11+,12+/m0/s1. The fourth-order valence-corrected chi connectivity index (χ4v) is 2.66.